The van der Waals surface area contributed by atoms with Crippen molar-refractivity contribution in [2.24, 2.45) is 0 Å². The number of pyridine rings is 1. The Morgan fingerprint density at radius 1 is 1.00 bits per heavy atom. The Bertz CT molecular complexity index is 825. The summed E-state index contributed by atoms with van der Waals surface area (Å²) in [7, 11) is 0. The lowest BCUT2D eigenvalue weighted by atomic mass is 10.1. The van der Waals surface area contributed by atoms with E-state index >= 15 is 0 Å². The van der Waals surface area contributed by atoms with Crippen LogP contribution in [0.1, 0.15) is 20.7 Å². The molecule has 6 nitrogen and oxygen atoms in total. The molecule has 9 heteroatoms. The fraction of sp³-hybridized carbons (Fsp3) is 0.278. The summed E-state index contributed by atoms with van der Waals surface area (Å²) >= 11 is 5.72. The molecular formula is C18H16ClF2N3O3. The van der Waals surface area contributed by atoms with Crippen molar-refractivity contribution in [1.82, 2.24) is 14.8 Å². The van der Waals surface area contributed by atoms with Crippen LogP contribution in [-0.2, 0) is 0 Å². The molecule has 1 fully saturated rings. The lowest BCUT2D eigenvalue weighted by Crippen LogP contribution is -2.50. The number of para-hydroxylation sites is 1. The summed E-state index contributed by atoms with van der Waals surface area (Å²) in [5.41, 5.74) is 0.481. The molecule has 0 spiro atoms. The second-order valence-electron chi connectivity index (χ2n) is 5.83. The number of amides is 2. The Labute approximate surface area is 159 Å². The van der Waals surface area contributed by atoms with Gasteiger partial charge in [0.1, 0.15) is 10.9 Å². The van der Waals surface area contributed by atoms with Gasteiger partial charge in [0.05, 0.1) is 11.1 Å². The first-order chi connectivity index (χ1) is 13.0. The number of hydrogen-bond acceptors (Lipinski definition) is 4. The maximum Gasteiger partial charge on any atom is 0.387 e. The van der Waals surface area contributed by atoms with Gasteiger partial charge in [0.25, 0.3) is 11.8 Å². The van der Waals surface area contributed by atoms with E-state index in [0.717, 1.165) is 0 Å². The number of carbonyl (C=O) groups excluding carboxylic acids is 2. The van der Waals surface area contributed by atoms with Gasteiger partial charge in [-0.15, -0.1) is 0 Å². The third-order valence-electron chi connectivity index (χ3n) is 4.16. The van der Waals surface area contributed by atoms with Gasteiger partial charge in [0.15, 0.2) is 0 Å². The molecule has 2 heterocycles. The second kappa shape index (κ2) is 8.30. The first-order valence-corrected chi connectivity index (χ1v) is 8.57. The summed E-state index contributed by atoms with van der Waals surface area (Å²) in [6.45, 7) is -1.79. The number of benzene rings is 1. The highest BCUT2D eigenvalue weighted by Gasteiger charge is 2.27. The highest BCUT2D eigenvalue weighted by atomic mass is 35.5. The van der Waals surface area contributed by atoms with Gasteiger partial charge < -0.3 is 14.5 Å². The lowest BCUT2D eigenvalue weighted by Gasteiger charge is -2.35. The summed E-state index contributed by atoms with van der Waals surface area (Å²) in [6, 6.07) is 9.00. The zero-order valence-electron chi connectivity index (χ0n) is 14.1. The molecule has 0 N–H and O–H groups in total. The van der Waals surface area contributed by atoms with Crippen molar-refractivity contribution in [3.8, 4) is 5.75 Å². The second-order valence-corrected chi connectivity index (χ2v) is 6.22. The van der Waals surface area contributed by atoms with Crippen LogP contribution in [0.2, 0.25) is 5.15 Å². The molecule has 2 amide bonds. The molecule has 1 aliphatic rings. The average Bonchev–Trinajstić information content (AvgIpc) is 2.68. The molecule has 27 heavy (non-hydrogen) atoms. The van der Waals surface area contributed by atoms with E-state index in [1.165, 1.54) is 35.4 Å². The molecular weight excluding hydrogens is 380 g/mol. The third-order valence-corrected chi connectivity index (χ3v) is 4.39. The monoisotopic (exact) mass is 395 g/mol. The van der Waals surface area contributed by atoms with E-state index in [4.69, 9.17) is 11.6 Å². The van der Waals surface area contributed by atoms with Gasteiger partial charge in [-0.05, 0) is 24.3 Å². The minimum atomic E-state index is -3.01. The normalized spacial score (nSPS) is 14.4. The number of alkyl halides is 2. The first-order valence-electron chi connectivity index (χ1n) is 8.19. The standard InChI is InChI=1S/C18H16ClF2N3O3/c19-15-6-5-12(11-22-15)16(25)23-7-9-24(10-8-23)17(26)13-3-1-2-4-14(13)27-18(20)21/h1-6,11,18H,7-10H2. The van der Waals surface area contributed by atoms with Crippen LogP contribution in [0, 0.1) is 0 Å². The summed E-state index contributed by atoms with van der Waals surface area (Å²) in [4.78, 5) is 32.1. The first kappa shape index (κ1) is 19.0. The van der Waals surface area contributed by atoms with Crippen molar-refractivity contribution < 1.29 is 23.1 Å². The number of nitrogens with zero attached hydrogens (tertiary/aromatic N) is 3. The van der Waals surface area contributed by atoms with Gasteiger partial charge in [0.2, 0.25) is 0 Å². The Morgan fingerprint density at radius 3 is 2.22 bits per heavy atom. The van der Waals surface area contributed by atoms with Gasteiger partial charge in [-0.1, -0.05) is 23.7 Å². The quantitative estimate of drug-likeness (QED) is 0.747. The van der Waals surface area contributed by atoms with E-state index in [-0.39, 0.29) is 30.3 Å². The van der Waals surface area contributed by atoms with E-state index in [2.05, 4.69) is 9.72 Å². The topological polar surface area (TPSA) is 62.7 Å². The number of ether oxygens (including phenoxy) is 1. The molecule has 1 aromatic heterocycles. The molecule has 0 radical (unpaired) electrons. The van der Waals surface area contributed by atoms with Crippen molar-refractivity contribution in [3.63, 3.8) is 0 Å². The largest absolute Gasteiger partial charge is 0.434 e. The summed E-state index contributed by atoms with van der Waals surface area (Å²) < 4.78 is 29.5. The van der Waals surface area contributed by atoms with Crippen molar-refractivity contribution in [2.45, 2.75) is 6.61 Å². The van der Waals surface area contributed by atoms with Gasteiger partial charge in [-0.2, -0.15) is 8.78 Å². The van der Waals surface area contributed by atoms with E-state index in [1.807, 2.05) is 0 Å². The van der Waals surface area contributed by atoms with Crippen LogP contribution in [-0.4, -0.2) is 59.4 Å². The van der Waals surface area contributed by atoms with Crippen LogP contribution in [0.3, 0.4) is 0 Å². The molecule has 2 aromatic rings. The highest BCUT2D eigenvalue weighted by Crippen LogP contribution is 2.22. The van der Waals surface area contributed by atoms with Crippen LogP contribution in [0.25, 0.3) is 0 Å². The predicted octanol–water partition coefficient (Wildman–Crippen LogP) is 2.93. The highest BCUT2D eigenvalue weighted by molar-refractivity contribution is 6.29. The number of aromatic nitrogens is 1. The van der Waals surface area contributed by atoms with Crippen molar-refractivity contribution in [3.05, 3.63) is 58.9 Å². The maximum atomic E-state index is 12.7. The van der Waals surface area contributed by atoms with Gasteiger partial charge in [0, 0.05) is 32.4 Å². The van der Waals surface area contributed by atoms with Crippen LogP contribution in [0.5, 0.6) is 5.75 Å². The minimum Gasteiger partial charge on any atom is -0.434 e. The minimum absolute atomic E-state index is 0.0690. The summed E-state index contributed by atoms with van der Waals surface area (Å²) in [5, 5.41) is 0.298. The van der Waals surface area contributed by atoms with Gasteiger partial charge in [-0.3, -0.25) is 9.59 Å². The molecule has 3 rings (SSSR count). The molecule has 1 saturated heterocycles. The lowest BCUT2D eigenvalue weighted by molar-refractivity contribution is -0.0503. The zero-order valence-corrected chi connectivity index (χ0v) is 14.9. The Hall–Kier alpha value is -2.74. The fourth-order valence-corrected chi connectivity index (χ4v) is 2.92. The van der Waals surface area contributed by atoms with Crippen LogP contribution >= 0.6 is 11.6 Å². The molecule has 0 atom stereocenters. The average molecular weight is 396 g/mol. The van der Waals surface area contributed by atoms with Crippen molar-refractivity contribution >= 4 is 23.4 Å². The Balaban J connectivity index is 1.64. The van der Waals surface area contributed by atoms with E-state index in [9.17, 15) is 18.4 Å². The van der Waals surface area contributed by atoms with Crippen molar-refractivity contribution in [2.75, 3.05) is 26.2 Å². The van der Waals surface area contributed by atoms with Crippen LogP contribution < -0.4 is 4.74 Å². The van der Waals surface area contributed by atoms with Crippen molar-refractivity contribution in [1.29, 1.82) is 0 Å². The zero-order chi connectivity index (χ0) is 19.4. The molecule has 0 unspecified atom stereocenters. The van der Waals surface area contributed by atoms with Crippen LogP contribution in [0.4, 0.5) is 8.78 Å². The summed E-state index contributed by atoms with van der Waals surface area (Å²) in [5.74, 6) is -0.776. The molecule has 142 valence electrons. The fourth-order valence-electron chi connectivity index (χ4n) is 2.81. The maximum absolute atomic E-state index is 12.7. The molecule has 0 bridgehead atoms. The molecule has 0 saturated carbocycles. The summed E-state index contributed by atoms with van der Waals surface area (Å²) in [6.07, 6.45) is 1.40. The predicted molar refractivity (Wildman–Crippen MR) is 94.1 cm³/mol. The van der Waals surface area contributed by atoms with E-state index < -0.39 is 12.5 Å². The third kappa shape index (κ3) is 4.51. The molecule has 0 aliphatic carbocycles. The van der Waals surface area contributed by atoms with Gasteiger partial charge >= 0.3 is 6.61 Å². The number of halogens is 3. The molecule has 1 aromatic carbocycles. The number of rotatable bonds is 4. The smallest absolute Gasteiger partial charge is 0.387 e. The SMILES string of the molecule is O=C(c1ccc(Cl)nc1)N1CCN(C(=O)c2ccccc2OC(F)F)CC1. The number of hydrogen-bond donors (Lipinski definition) is 0. The Morgan fingerprint density at radius 2 is 1.63 bits per heavy atom. The molecule has 1 aliphatic heterocycles. The van der Waals surface area contributed by atoms with E-state index in [1.54, 1.807) is 17.0 Å². The number of piperazine rings is 1. The van der Waals surface area contributed by atoms with E-state index in [0.29, 0.717) is 23.8 Å². The van der Waals surface area contributed by atoms with Crippen LogP contribution in [0.15, 0.2) is 42.6 Å². The number of carbonyl (C=O) groups is 2. The van der Waals surface area contributed by atoms with Gasteiger partial charge in [-0.25, -0.2) is 4.98 Å². The Kier molecular flexibility index (Phi) is 5.85.